The summed E-state index contributed by atoms with van der Waals surface area (Å²) in [7, 11) is 3.45. The number of hydrogen-bond donors (Lipinski definition) is 2. The summed E-state index contributed by atoms with van der Waals surface area (Å²) < 4.78 is 1.51. The van der Waals surface area contributed by atoms with Gasteiger partial charge in [0.05, 0.1) is 17.9 Å². The number of likely N-dealkylation sites (tertiary alicyclic amines) is 1. The van der Waals surface area contributed by atoms with Crippen LogP contribution in [0, 0.1) is 0 Å². The van der Waals surface area contributed by atoms with Crippen LogP contribution in [0.1, 0.15) is 22.5 Å². The predicted octanol–water partition coefficient (Wildman–Crippen LogP) is -0.561. The van der Waals surface area contributed by atoms with Crippen LogP contribution in [-0.4, -0.2) is 51.3 Å². The molecular formula is C11H16N4O3. The molecule has 0 saturated carbocycles. The molecule has 1 unspecified atom stereocenters. The molecule has 2 N–H and O–H groups in total. The highest BCUT2D eigenvalue weighted by atomic mass is 16.4. The van der Waals surface area contributed by atoms with Crippen molar-refractivity contribution in [3.05, 3.63) is 17.5 Å². The molecule has 2 rings (SSSR count). The predicted molar refractivity (Wildman–Crippen MR) is 63.0 cm³/mol. The van der Waals surface area contributed by atoms with Crippen LogP contribution >= 0.6 is 0 Å². The van der Waals surface area contributed by atoms with Gasteiger partial charge in [0.2, 0.25) is 5.91 Å². The number of aromatic carboxylic acids is 1. The molecule has 0 spiro atoms. The van der Waals surface area contributed by atoms with Crippen LogP contribution in [0.25, 0.3) is 0 Å². The van der Waals surface area contributed by atoms with Crippen molar-refractivity contribution in [1.82, 2.24) is 20.0 Å². The summed E-state index contributed by atoms with van der Waals surface area (Å²) in [5.41, 5.74) is 0.744. The molecule has 1 atom stereocenters. The first-order valence-corrected chi connectivity index (χ1v) is 5.73. The Balaban J connectivity index is 2.04. The molecule has 2 heterocycles. The molecule has 1 aliphatic rings. The molecule has 0 aromatic carbocycles. The van der Waals surface area contributed by atoms with E-state index in [0.29, 0.717) is 12.2 Å². The lowest BCUT2D eigenvalue weighted by Gasteiger charge is -2.12. The lowest BCUT2D eigenvalue weighted by atomic mass is 10.2. The van der Waals surface area contributed by atoms with Crippen molar-refractivity contribution < 1.29 is 14.7 Å². The third-order valence-electron chi connectivity index (χ3n) is 3.24. The Hall–Kier alpha value is -1.89. The molecule has 0 aliphatic carbocycles. The van der Waals surface area contributed by atoms with E-state index in [4.69, 9.17) is 5.11 Å². The SMILES string of the molecule is CN1CCC(NCc2c(C(=O)O)cnn2C)C1=O. The summed E-state index contributed by atoms with van der Waals surface area (Å²) in [6.07, 6.45) is 2.07. The molecule has 0 radical (unpaired) electrons. The monoisotopic (exact) mass is 252 g/mol. The zero-order valence-electron chi connectivity index (χ0n) is 10.4. The topological polar surface area (TPSA) is 87.5 Å². The van der Waals surface area contributed by atoms with Gasteiger partial charge in [-0.25, -0.2) is 4.79 Å². The number of aromatic nitrogens is 2. The molecule has 1 fully saturated rings. The lowest BCUT2D eigenvalue weighted by molar-refractivity contribution is -0.128. The first kappa shape index (κ1) is 12.6. The number of aryl methyl sites for hydroxylation is 1. The Labute approximate surface area is 104 Å². The first-order chi connectivity index (χ1) is 8.50. The normalized spacial score (nSPS) is 19.6. The van der Waals surface area contributed by atoms with Gasteiger partial charge in [0.15, 0.2) is 0 Å². The van der Waals surface area contributed by atoms with E-state index in [9.17, 15) is 9.59 Å². The summed E-state index contributed by atoms with van der Waals surface area (Å²) in [5, 5.41) is 16.0. The van der Waals surface area contributed by atoms with Crippen LogP contribution in [0.2, 0.25) is 0 Å². The van der Waals surface area contributed by atoms with Crippen LogP contribution in [0.15, 0.2) is 6.20 Å². The zero-order chi connectivity index (χ0) is 13.3. The van der Waals surface area contributed by atoms with E-state index in [0.717, 1.165) is 13.0 Å². The number of rotatable bonds is 4. The number of nitrogens with one attached hydrogen (secondary N) is 1. The van der Waals surface area contributed by atoms with Crippen molar-refractivity contribution in [2.24, 2.45) is 7.05 Å². The van der Waals surface area contributed by atoms with Crippen LogP contribution < -0.4 is 5.32 Å². The molecule has 1 saturated heterocycles. The molecule has 7 nitrogen and oxygen atoms in total. The maximum Gasteiger partial charge on any atom is 0.339 e. The molecule has 0 bridgehead atoms. The Kier molecular flexibility index (Phi) is 3.33. The average Bonchev–Trinajstić information content (AvgIpc) is 2.83. The molecule has 7 heteroatoms. The summed E-state index contributed by atoms with van der Waals surface area (Å²) in [5.74, 6) is -0.955. The van der Waals surface area contributed by atoms with Gasteiger partial charge in [0, 0.05) is 27.2 Å². The third kappa shape index (κ3) is 2.21. The van der Waals surface area contributed by atoms with Gasteiger partial charge in [-0.3, -0.25) is 9.48 Å². The van der Waals surface area contributed by atoms with Crippen LogP contribution in [0.5, 0.6) is 0 Å². The fourth-order valence-corrected chi connectivity index (χ4v) is 2.08. The Morgan fingerprint density at radius 2 is 2.33 bits per heavy atom. The fraction of sp³-hybridized carbons (Fsp3) is 0.545. The van der Waals surface area contributed by atoms with E-state index < -0.39 is 5.97 Å². The largest absolute Gasteiger partial charge is 0.478 e. The highest BCUT2D eigenvalue weighted by Gasteiger charge is 2.29. The van der Waals surface area contributed by atoms with Crippen molar-refractivity contribution in [1.29, 1.82) is 0 Å². The highest BCUT2D eigenvalue weighted by molar-refractivity contribution is 5.88. The summed E-state index contributed by atoms with van der Waals surface area (Å²) in [4.78, 5) is 24.4. The van der Waals surface area contributed by atoms with Gasteiger partial charge in [-0.05, 0) is 6.42 Å². The van der Waals surface area contributed by atoms with Crippen LogP contribution in [-0.2, 0) is 18.4 Å². The van der Waals surface area contributed by atoms with Gasteiger partial charge in [0.25, 0.3) is 0 Å². The second-order valence-corrected chi connectivity index (χ2v) is 4.42. The number of nitrogens with zero attached hydrogens (tertiary/aromatic N) is 3. The smallest absolute Gasteiger partial charge is 0.339 e. The van der Waals surface area contributed by atoms with Gasteiger partial charge >= 0.3 is 5.97 Å². The Bertz CT molecular complexity index is 483. The molecule has 1 aliphatic heterocycles. The minimum absolute atomic E-state index is 0.0500. The second kappa shape index (κ2) is 4.77. The van der Waals surface area contributed by atoms with Crippen molar-refractivity contribution in [3.63, 3.8) is 0 Å². The first-order valence-electron chi connectivity index (χ1n) is 5.73. The van der Waals surface area contributed by atoms with Crippen molar-refractivity contribution in [2.45, 2.75) is 19.0 Å². The minimum atomic E-state index is -1.00. The van der Waals surface area contributed by atoms with E-state index in [2.05, 4.69) is 10.4 Å². The van der Waals surface area contributed by atoms with Gasteiger partial charge in [-0.1, -0.05) is 0 Å². The van der Waals surface area contributed by atoms with Crippen LogP contribution in [0.4, 0.5) is 0 Å². The number of carboxylic acid groups (broad SMARTS) is 1. The molecule has 1 aromatic rings. The van der Waals surface area contributed by atoms with Gasteiger partial charge in [-0.15, -0.1) is 0 Å². The summed E-state index contributed by atoms with van der Waals surface area (Å²) in [6.45, 7) is 1.05. The quantitative estimate of drug-likeness (QED) is 0.750. The van der Waals surface area contributed by atoms with Gasteiger partial charge < -0.3 is 15.3 Å². The minimum Gasteiger partial charge on any atom is -0.478 e. The van der Waals surface area contributed by atoms with Gasteiger partial charge in [-0.2, -0.15) is 5.10 Å². The van der Waals surface area contributed by atoms with E-state index >= 15 is 0 Å². The number of amides is 1. The molecule has 1 amide bonds. The number of likely N-dealkylation sites (N-methyl/N-ethyl adjacent to an activating group) is 1. The number of carbonyl (C=O) groups is 2. The van der Waals surface area contributed by atoms with E-state index in [1.54, 1.807) is 19.0 Å². The second-order valence-electron chi connectivity index (χ2n) is 4.42. The van der Waals surface area contributed by atoms with E-state index in [-0.39, 0.29) is 17.5 Å². The highest BCUT2D eigenvalue weighted by Crippen LogP contribution is 2.11. The zero-order valence-corrected chi connectivity index (χ0v) is 10.4. The standard InChI is InChI=1S/C11H16N4O3/c1-14-4-3-8(10(14)16)12-6-9-7(11(17)18)5-13-15(9)2/h5,8,12H,3-4,6H2,1-2H3,(H,17,18). The number of carboxylic acids is 1. The van der Waals surface area contributed by atoms with Crippen molar-refractivity contribution in [2.75, 3.05) is 13.6 Å². The number of hydrogen-bond acceptors (Lipinski definition) is 4. The molecule has 98 valence electrons. The van der Waals surface area contributed by atoms with Gasteiger partial charge in [0.1, 0.15) is 5.56 Å². The number of carbonyl (C=O) groups excluding carboxylic acids is 1. The Morgan fingerprint density at radius 3 is 2.89 bits per heavy atom. The third-order valence-corrected chi connectivity index (χ3v) is 3.24. The maximum absolute atomic E-state index is 11.7. The maximum atomic E-state index is 11.7. The van der Waals surface area contributed by atoms with E-state index in [1.807, 2.05) is 0 Å². The van der Waals surface area contributed by atoms with Crippen molar-refractivity contribution in [3.8, 4) is 0 Å². The molecule has 1 aromatic heterocycles. The summed E-state index contributed by atoms with van der Waals surface area (Å²) >= 11 is 0. The van der Waals surface area contributed by atoms with E-state index in [1.165, 1.54) is 10.9 Å². The average molecular weight is 252 g/mol. The Morgan fingerprint density at radius 1 is 1.61 bits per heavy atom. The lowest BCUT2D eigenvalue weighted by Crippen LogP contribution is -2.37. The molecular weight excluding hydrogens is 236 g/mol. The molecule has 18 heavy (non-hydrogen) atoms. The summed E-state index contributed by atoms with van der Waals surface area (Å²) in [6, 6.07) is -0.230. The fourth-order valence-electron chi connectivity index (χ4n) is 2.08. The van der Waals surface area contributed by atoms with Crippen LogP contribution in [0.3, 0.4) is 0 Å². The van der Waals surface area contributed by atoms with Crippen molar-refractivity contribution >= 4 is 11.9 Å².